The standard InChI is InChI=1S/C26H37NO7S/c1-14-7-6-8-18-20(33-18)10-19(15(2)9-17-13-35-22(12-28)27-17)34-23(30)11-21(29)26(4,5)25(32)16(3)24(14)31/h9,12-14,16,18-21,24,29,31H,6-8,10-11H2,1-5H3/t14-,16+,18-,19-,20-,21-,24-/m0/s1. The zero-order chi connectivity index (χ0) is 25.9. The van der Waals surface area contributed by atoms with Gasteiger partial charge in [-0.15, -0.1) is 11.3 Å². The Morgan fingerprint density at radius 3 is 2.57 bits per heavy atom. The largest absolute Gasteiger partial charge is 0.458 e. The van der Waals surface area contributed by atoms with Gasteiger partial charge in [-0.05, 0) is 37.3 Å². The smallest absolute Gasteiger partial charge is 0.309 e. The summed E-state index contributed by atoms with van der Waals surface area (Å²) in [4.78, 5) is 41.2. The van der Waals surface area contributed by atoms with E-state index in [9.17, 15) is 24.6 Å². The number of aromatic nitrogens is 1. The molecule has 1 aromatic heterocycles. The first kappa shape index (κ1) is 27.6. The number of Topliss-reactive ketones (excluding diaryl/α,β-unsaturated/α-hetero) is 1. The maximum atomic E-state index is 13.2. The van der Waals surface area contributed by atoms with Crippen molar-refractivity contribution in [1.29, 1.82) is 0 Å². The molecule has 8 nitrogen and oxygen atoms in total. The van der Waals surface area contributed by atoms with Crippen molar-refractivity contribution in [2.45, 2.75) is 97.2 Å². The number of cyclic esters (lactones) is 1. The average Bonchev–Trinajstić information content (AvgIpc) is 3.38. The molecular weight excluding hydrogens is 470 g/mol. The molecule has 0 saturated carbocycles. The Balaban J connectivity index is 1.82. The van der Waals surface area contributed by atoms with E-state index in [-0.39, 0.29) is 30.3 Å². The van der Waals surface area contributed by atoms with E-state index in [4.69, 9.17) is 9.47 Å². The number of carbonyl (C=O) groups excluding carboxylic acids is 3. The van der Waals surface area contributed by atoms with Crippen LogP contribution in [0.4, 0.5) is 0 Å². The summed E-state index contributed by atoms with van der Waals surface area (Å²) in [5.41, 5.74) is 0.138. The highest BCUT2D eigenvalue weighted by Gasteiger charge is 2.44. The molecule has 2 saturated heterocycles. The Morgan fingerprint density at radius 1 is 1.20 bits per heavy atom. The van der Waals surface area contributed by atoms with Crippen LogP contribution in [0.25, 0.3) is 6.08 Å². The number of carbonyl (C=O) groups is 3. The Kier molecular flexibility index (Phi) is 9.01. The summed E-state index contributed by atoms with van der Waals surface area (Å²) in [6, 6.07) is 0. The molecule has 7 atom stereocenters. The number of hydrogen-bond acceptors (Lipinski definition) is 9. The van der Waals surface area contributed by atoms with Gasteiger partial charge in [0.15, 0.2) is 11.3 Å². The summed E-state index contributed by atoms with van der Waals surface area (Å²) < 4.78 is 11.6. The maximum absolute atomic E-state index is 13.2. The van der Waals surface area contributed by atoms with E-state index in [1.807, 2.05) is 13.8 Å². The van der Waals surface area contributed by atoms with Crippen LogP contribution in [0, 0.1) is 17.3 Å². The molecule has 3 rings (SSSR count). The molecule has 194 valence electrons. The van der Waals surface area contributed by atoms with E-state index in [0.717, 1.165) is 24.8 Å². The van der Waals surface area contributed by atoms with Crippen LogP contribution in [0.3, 0.4) is 0 Å². The number of aliphatic hydroxyl groups is 2. The number of aldehydes is 1. The first-order chi connectivity index (χ1) is 16.4. The normalized spacial score (nSPS) is 35.2. The molecule has 0 bridgehead atoms. The van der Waals surface area contributed by atoms with Gasteiger partial charge in [-0.25, -0.2) is 4.98 Å². The second-order valence-corrected chi connectivity index (χ2v) is 11.4. The van der Waals surface area contributed by atoms with E-state index in [1.54, 1.807) is 32.2 Å². The third kappa shape index (κ3) is 6.84. The summed E-state index contributed by atoms with van der Waals surface area (Å²) >= 11 is 1.24. The van der Waals surface area contributed by atoms with Crippen LogP contribution in [-0.4, -0.2) is 63.8 Å². The van der Waals surface area contributed by atoms with Crippen molar-refractivity contribution < 1.29 is 34.1 Å². The zero-order valence-electron chi connectivity index (χ0n) is 21.1. The molecule has 0 radical (unpaired) electrons. The third-order valence-corrected chi connectivity index (χ3v) is 8.21. The van der Waals surface area contributed by atoms with Crippen molar-refractivity contribution >= 4 is 35.5 Å². The van der Waals surface area contributed by atoms with E-state index in [1.165, 1.54) is 11.3 Å². The number of esters is 1. The van der Waals surface area contributed by atoms with Gasteiger partial charge in [0.2, 0.25) is 0 Å². The molecular formula is C26H37NO7S. The molecule has 2 N–H and O–H groups in total. The fourth-order valence-electron chi connectivity index (χ4n) is 4.76. The number of thiazole rings is 1. The highest BCUT2D eigenvalue weighted by atomic mass is 32.1. The first-order valence-corrected chi connectivity index (χ1v) is 13.2. The lowest BCUT2D eigenvalue weighted by Gasteiger charge is -2.34. The van der Waals surface area contributed by atoms with Crippen molar-refractivity contribution in [3.8, 4) is 0 Å². The lowest BCUT2D eigenvalue weighted by Crippen LogP contribution is -2.45. The third-order valence-electron chi connectivity index (χ3n) is 7.42. The number of hydrogen-bond donors (Lipinski definition) is 2. The summed E-state index contributed by atoms with van der Waals surface area (Å²) in [6.07, 6.45) is 2.37. The zero-order valence-corrected chi connectivity index (χ0v) is 21.9. The van der Waals surface area contributed by atoms with Crippen LogP contribution < -0.4 is 0 Å². The predicted octanol–water partition coefficient (Wildman–Crippen LogP) is 3.59. The molecule has 0 amide bonds. The van der Waals surface area contributed by atoms with Crippen molar-refractivity contribution in [3.05, 3.63) is 21.7 Å². The van der Waals surface area contributed by atoms with Crippen molar-refractivity contribution in [1.82, 2.24) is 4.98 Å². The van der Waals surface area contributed by atoms with Gasteiger partial charge >= 0.3 is 5.97 Å². The molecule has 0 spiro atoms. The first-order valence-electron chi connectivity index (χ1n) is 12.3. The van der Waals surface area contributed by atoms with Crippen molar-refractivity contribution in [2.75, 3.05) is 0 Å². The van der Waals surface area contributed by atoms with Gasteiger partial charge in [-0.1, -0.05) is 34.1 Å². The number of ether oxygens (including phenoxy) is 2. The van der Waals surface area contributed by atoms with Crippen LogP contribution in [0.5, 0.6) is 0 Å². The minimum Gasteiger partial charge on any atom is -0.458 e. The fourth-order valence-corrected chi connectivity index (χ4v) is 5.33. The summed E-state index contributed by atoms with van der Waals surface area (Å²) in [6.45, 7) is 8.65. The molecule has 2 aliphatic heterocycles. The second-order valence-electron chi connectivity index (χ2n) is 10.5. The molecule has 9 heteroatoms. The quantitative estimate of drug-likeness (QED) is 0.361. The molecule has 0 aromatic carbocycles. The Bertz CT molecular complexity index is 955. The van der Waals surface area contributed by atoms with Gasteiger partial charge in [0.05, 0.1) is 41.9 Å². The highest BCUT2D eigenvalue weighted by Crippen LogP contribution is 2.36. The van der Waals surface area contributed by atoms with Gasteiger partial charge in [0.25, 0.3) is 0 Å². The fraction of sp³-hybridized carbons (Fsp3) is 0.692. The number of nitrogens with zero attached hydrogens (tertiary/aromatic N) is 1. The number of fused-ring (bicyclic) bond motifs is 1. The molecule has 2 fully saturated rings. The van der Waals surface area contributed by atoms with E-state index < -0.39 is 35.6 Å². The Morgan fingerprint density at radius 2 is 1.91 bits per heavy atom. The molecule has 2 aliphatic rings. The van der Waals surface area contributed by atoms with Crippen LogP contribution in [0.1, 0.15) is 82.2 Å². The minimum absolute atomic E-state index is 0.0490. The number of ketones is 1. The molecule has 35 heavy (non-hydrogen) atoms. The van der Waals surface area contributed by atoms with Crippen LogP contribution >= 0.6 is 11.3 Å². The Labute approximate surface area is 210 Å². The second kappa shape index (κ2) is 11.4. The van der Waals surface area contributed by atoms with Gasteiger partial charge in [-0.2, -0.15) is 0 Å². The van der Waals surface area contributed by atoms with Crippen molar-refractivity contribution in [3.63, 3.8) is 0 Å². The SMILES string of the molecule is CC(=Cc1csc(C=O)n1)[C@@H]1C[C@@H]2O[C@H]2CCC[C@H](C)[C@H](O)[C@@H](C)C(=O)C(C)(C)[C@@H](O)CC(=O)O1. The van der Waals surface area contributed by atoms with Crippen LogP contribution in [-0.2, 0) is 19.1 Å². The number of epoxide rings is 1. The summed E-state index contributed by atoms with van der Waals surface area (Å²) in [5, 5.41) is 23.7. The topological polar surface area (TPSA) is 126 Å². The lowest BCUT2D eigenvalue weighted by molar-refractivity contribution is -0.154. The summed E-state index contributed by atoms with van der Waals surface area (Å²) in [7, 11) is 0. The van der Waals surface area contributed by atoms with Gasteiger partial charge in [0.1, 0.15) is 11.9 Å². The van der Waals surface area contributed by atoms with E-state index >= 15 is 0 Å². The highest BCUT2D eigenvalue weighted by molar-refractivity contribution is 7.11. The predicted molar refractivity (Wildman–Crippen MR) is 132 cm³/mol. The molecule has 0 unspecified atom stereocenters. The van der Waals surface area contributed by atoms with Crippen molar-refractivity contribution in [2.24, 2.45) is 17.3 Å². The maximum Gasteiger partial charge on any atom is 0.309 e. The minimum atomic E-state index is -1.26. The van der Waals surface area contributed by atoms with E-state index in [2.05, 4.69) is 4.98 Å². The molecule has 1 aromatic rings. The Hall–Kier alpha value is -1.94. The lowest BCUT2D eigenvalue weighted by atomic mass is 9.73. The average molecular weight is 508 g/mol. The number of rotatable bonds is 3. The van der Waals surface area contributed by atoms with Gasteiger partial charge < -0.3 is 19.7 Å². The summed E-state index contributed by atoms with van der Waals surface area (Å²) in [5.74, 6) is -1.65. The van der Waals surface area contributed by atoms with Crippen LogP contribution in [0.15, 0.2) is 11.0 Å². The van der Waals surface area contributed by atoms with Gasteiger partial charge in [-0.3, -0.25) is 14.4 Å². The van der Waals surface area contributed by atoms with Gasteiger partial charge in [0, 0.05) is 17.7 Å². The monoisotopic (exact) mass is 507 g/mol. The molecule has 3 heterocycles. The van der Waals surface area contributed by atoms with E-state index in [0.29, 0.717) is 23.4 Å². The van der Waals surface area contributed by atoms with Crippen LogP contribution in [0.2, 0.25) is 0 Å². The molecule has 0 aliphatic carbocycles. The number of aliphatic hydroxyl groups excluding tert-OH is 2.